The molecule has 2 N–H and O–H groups in total. The normalized spacial score (nSPS) is 25.1. The maximum Gasteiger partial charge on any atom is 0.220 e. The zero-order valence-electron chi connectivity index (χ0n) is 14.0. The number of rotatable bonds is 5. The molecule has 0 aliphatic carbocycles. The number of fused-ring (bicyclic) bond motifs is 2. The quantitative estimate of drug-likeness (QED) is 0.859. The summed E-state index contributed by atoms with van der Waals surface area (Å²) in [5.74, 6) is 1.37. The maximum absolute atomic E-state index is 12.2. The van der Waals surface area contributed by atoms with Gasteiger partial charge in [0.25, 0.3) is 0 Å². The van der Waals surface area contributed by atoms with E-state index in [4.69, 9.17) is 16.0 Å². The molecule has 5 nitrogen and oxygen atoms in total. The summed E-state index contributed by atoms with van der Waals surface area (Å²) in [6.07, 6.45) is 7.17. The van der Waals surface area contributed by atoms with Crippen LogP contribution in [0.5, 0.6) is 0 Å². The number of aromatic nitrogens is 1. The molecule has 2 atom stereocenters. The van der Waals surface area contributed by atoms with Crippen molar-refractivity contribution in [2.24, 2.45) is 0 Å². The van der Waals surface area contributed by atoms with Crippen molar-refractivity contribution in [3.63, 3.8) is 0 Å². The van der Waals surface area contributed by atoms with Crippen LogP contribution in [0.2, 0.25) is 5.02 Å². The molecule has 2 fully saturated rings. The van der Waals surface area contributed by atoms with Gasteiger partial charge in [0.15, 0.2) is 11.7 Å². The van der Waals surface area contributed by atoms with Crippen LogP contribution in [0.15, 0.2) is 34.9 Å². The SMILES string of the molecule is O=C(CCc1ncc(-c2ccc(Cl)cc2)o1)NC1CC2CCC(C1)N2. The maximum atomic E-state index is 12.2. The highest BCUT2D eigenvalue weighted by atomic mass is 35.5. The molecule has 0 spiro atoms. The Kier molecular flexibility index (Phi) is 4.77. The number of aryl methyl sites for hydroxylation is 1. The minimum absolute atomic E-state index is 0.0811. The largest absolute Gasteiger partial charge is 0.441 e. The van der Waals surface area contributed by atoms with Crippen LogP contribution in [0.3, 0.4) is 0 Å². The topological polar surface area (TPSA) is 67.2 Å². The average Bonchev–Trinajstić information content (AvgIpc) is 3.20. The summed E-state index contributed by atoms with van der Waals surface area (Å²) < 4.78 is 5.75. The number of hydrogen-bond acceptors (Lipinski definition) is 4. The molecule has 0 radical (unpaired) electrons. The molecule has 1 amide bonds. The first-order valence-corrected chi connectivity index (χ1v) is 9.29. The van der Waals surface area contributed by atoms with Crippen molar-refractivity contribution >= 4 is 17.5 Å². The van der Waals surface area contributed by atoms with Gasteiger partial charge in [0, 0.05) is 41.6 Å². The first-order valence-electron chi connectivity index (χ1n) is 8.92. The van der Waals surface area contributed by atoms with Gasteiger partial charge in [-0.05, 0) is 49.9 Å². The third kappa shape index (κ3) is 4.05. The summed E-state index contributed by atoms with van der Waals surface area (Å²) in [4.78, 5) is 16.5. The highest BCUT2D eigenvalue weighted by Crippen LogP contribution is 2.27. The second kappa shape index (κ2) is 7.18. The standard InChI is InChI=1S/C19H22ClN3O2/c20-13-3-1-12(2-4-13)17-11-21-19(25-17)8-7-18(24)23-16-9-14-5-6-15(10-16)22-14/h1-4,11,14-16,22H,5-10H2,(H,23,24). The number of piperidine rings is 1. The van der Waals surface area contributed by atoms with E-state index >= 15 is 0 Å². The third-order valence-electron chi connectivity index (χ3n) is 5.09. The smallest absolute Gasteiger partial charge is 0.220 e. The molecule has 132 valence electrons. The van der Waals surface area contributed by atoms with E-state index in [1.54, 1.807) is 6.20 Å². The molecule has 4 rings (SSSR count). The summed E-state index contributed by atoms with van der Waals surface area (Å²) in [7, 11) is 0. The highest BCUT2D eigenvalue weighted by Gasteiger charge is 2.33. The van der Waals surface area contributed by atoms with Gasteiger partial charge in [0.05, 0.1) is 6.20 Å². The molecule has 1 aromatic carbocycles. The first kappa shape index (κ1) is 16.6. The van der Waals surface area contributed by atoms with Crippen molar-refractivity contribution in [2.75, 3.05) is 0 Å². The Bertz CT molecular complexity index is 731. The molecule has 2 aromatic rings. The van der Waals surface area contributed by atoms with Crippen molar-refractivity contribution < 1.29 is 9.21 Å². The van der Waals surface area contributed by atoms with Crippen LogP contribution in [-0.4, -0.2) is 29.0 Å². The fourth-order valence-electron chi connectivity index (χ4n) is 3.87. The molecule has 2 unspecified atom stereocenters. The molecular weight excluding hydrogens is 338 g/mol. The summed E-state index contributed by atoms with van der Waals surface area (Å²) in [5.41, 5.74) is 0.929. The van der Waals surface area contributed by atoms with E-state index in [1.165, 1.54) is 12.8 Å². The number of oxazole rings is 1. The van der Waals surface area contributed by atoms with Crippen LogP contribution in [0, 0.1) is 0 Å². The van der Waals surface area contributed by atoms with Crippen molar-refractivity contribution in [1.29, 1.82) is 0 Å². The summed E-state index contributed by atoms with van der Waals surface area (Å²) in [6, 6.07) is 8.89. The Morgan fingerprint density at radius 3 is 2.68 bits per heavy atom. The minimum atomic E-state index is 0.0811. The van der Waals surface area contributed by atoms with Crippen molar-refractivity contribution in [3.05, 3.63) is 41.4 Å². The monoisotopic (exact) mass is 359 g/mol. The Balaban J connectivity index is 1.28. The number of hydrogen-bond donors (Lipinski definition) is 2. The lowest BCUT2D eigenvalue weighted by molar-refractivity contribution is -0.122. The average molecular weight is 360 g/mol. The molecule has 2 bridgehead atoms. The van der Waals surface area contributed by atoms with Crippen molar-refractivity contribution in [1.82, 2.24) is 15.6 Å². The minimum Gasteiger partial charge on any atom is -0.441 e. The van der Waals surface area contributed by atoms with Crippen LogP contribution < -0.4 is 10.6 Å². The zero-order valence-corrected chi connectivity index (χ0v) is 14.8. The van der Waals surface area contributed by atoms with Gasteiger partial charge in [-0.3, -0.25) is 4.79 Å². The summed E-state index contributed by atoms with van der Waals surface area (Å²) in [6.45, 7) is 0. The summed E-state index contributed by atoms with van der Waals surface area (Å²) >= 11 is 5.90. The van der Waals surface area contributed by atoms with Gasteiger partial charge in [-0.15, -0.1) is 0 Å². The van der Waals surface area contributed by atoms with Crippen molar-refractivity contribution in [3.8, 4) is 11.3 Å². The number of carbonyl (C=O) groups excluding carboxylic acids is 1. The lowest BCUT2D eigenvalue weighted by atomic mass is 9.99. The fraction of sp³-hybridized carbons (Fsp3) is 0.474. The molecule has 25 heavy (non-hydrogen) atoms. The van der Waals surface area contributed by atoms with E-state index in [0.717, 1.165) is 18.4 Å². The molecule has 2 saturated heterocycles. The Morgan fingerprint density at radius 2 is 1.96 bits per heavy atom. The third-order valence-corrected chi connectivity index (χ3v) is 5.34. The molecule has 0 saturated carbocycles. The van der Waals surface area contributed by atoms with E-state index < -0.39 is 0 Å². The van der Waals surface area contributed by atoms with Crippen LogP contribution in [0.1, 0.15) is 38.0 Å². The van der Waals surface area contributed by atoms with Gasteiger partial charge >= 0.3 is 0 Å². The van der Waals surface area contributed by atoms with E-state index in [-0.39, 0.29) is 5.91 Å². The van der Waals surface area contributed by atoms with E-state index in [2.05, 4.69) is 15.6 Å². The number of carbonyl (C=O) groups is 1. The lowest BCUT2D eigenvalue weighted by Crippen LogP contribution is -2.48. The second-order valence-electron chi connectivity index (χ2n) is 7.00. The number of amides is 1. The van der Waals surface area contributed by atoms with E-state index in [9.17, 15) is 4.79 Å². The molecule has 1 aromatic heterocycles. The molecule has 3 heterocycles. The Morgan fingerprint density at radius 1 is 1.24 bits per heavy atom. The van der Waals surface area contributed by atoms with Crippen LogP contribution in [0.25, 0.3) is 11.3 Å². The van der Waals surface area contributed by atoms with Gasteiger partial charge < -0.3 is 15.1 Å². The lowest BCUT2D eigenvalue weighted by Gasteiger charge is -2.29. The van der Waals surface area contributed by atoms with Gasteiger partial charge in [-0.25, -0.2) is 4.98 Å². The van der Waals surface area contributed by atoms with Crippen LogP contribution in [0.4, 0.5) is 0 Å². The highest BCUT2D eigenvalue weighted by molar-refractivity contribution is 6.30. The Labute approximate surface area is 152 Å². The predicted molar refractivity (Wildman–Crippen MR) is 96.4 cm³/mol. The van der Waals surface area contributed by atoms with E-state index in [0.29, 0.717) is 47.6 Å². The molecular formula is C19H22ClN3O2. The second-order valence-corrected chi connectivity index (χ2v) is 7.44. The number of halogens is 1. The predicted octanol–water partition coefficient (Wildman–Crippen LogP) is 3.33. The fourth-order valence-corrected chi connectivity index (χ4v) is 3.99. The molecule has 6 heteroatoms. The van der Waals surface area contributed by atoms with Gasteiger partial charge in [0.1, 0.15) is 0 Å². The van der Waals surface area contributed by atoms with Crippen molar-refractivity contribution in [2.45, 2.75) is 56.7 Å². The Hall–Kier alpha value is -1.85. The number of benzene rings is 1. The van der Waals surface area contributed by atoms with E-state index in [1.807, 2.05) is 24.3 Å². The number of nitrogens with zero attached hydrogens (tertiary/aromatic N) is 1. The van der Waals surface area contributed by atoms with Crippen LogP contribution in [-0.2, 0) is 11.2 Å². The van der Waals surface area contributed by atoms with Gasteiger partial charge in [-0.2, -0.15) is 0 Å². The van der Waals surface area contributed by atoms with Gasteiger partial charge in [-0.1, -0.05) is 11.6 Å². The first-order chi connectivity index (χ1) is 12.2. The molecule has 2 aliphatic rings. The number of nitrogens with one attached hydrogen (secondary N) is 2. The molecule has 2 aliphatic heterocycles. The zero-order chi connectivity index (χ0) is 17.2. The van der Waals surface area contributed by atoms with Crippen LogP contribution >= 0.6 is 11.6 Å². The summed E-state index contributed by atoms with van der Waals surface area (Å²) in [5, 5.41) is 7.45. The van der Waals surface area contributed by atoms with Gasteiger partial charge in [0.2, 0.25) is 5.91 Å².